The summed E-state index contributed by atoms with van der Waals surface area (Å²) in [5, 5.41) is 0. The molecular formula is C25H26O. The minimum Gasteiger partial charge on any atom is -0.289 e. The third kappa shape index (κ3) is 2.74. The van der Waals surface area contributed by atoms with Crippen LogP contribution in [0.15, 0.2) is 60.7 Å². The van der Waals surface area contributed by atoms with Crippen molar-refractivity contribution in [1.29, 1.82) is 0 Å². The van der Waals surface area contributed by atoms with Gasteiger partial charge in [-0.3, -0.25) is 4.79 Å². The van der Waals surface area contributed by atoms with Gasteiger partial charge in [-0.15, -0.1) is 0 Å². The first-order valence-electron chi connectivity index (χ1n) is 10.1. The molecule has 4 aliphatic rings. The lowest BCUT2D eigenvalue weighted by atomic mass is 9.47. The number of hydrogen-bond donors (Lipinski definition) is 0. The molecule has 132 valence electrons. The van der Waals surface area contributed by atoms with Gasteiger partial charge in [0, 0.05) is 5.56 Å². The first-order chi connectivity index (χ1) is 12.7. The molecule has 0 atom stereocenters. The minimum atomic E-state index is 0.0888. The zero-order valence-electron chi connectivity index (χ0n) is 15.2. The largest absolute Gasteiger partial charge is 0.289 e. The average Bonchev–Trinajstić information content (AvgIpc) is 2.66. The Kier molecular flexibility index (Phi) is 3.85. The smallest absolute Gasteiger partial charge is 0.185 e. The van der Waals surface area contributed by atoms with E-state index in [-0.39, 0.29) is 5.78 Å². The monoisotopic (exact) mass is 342 g/mol. The molecule has 26 heavy (non-hydrogen) atoms. The molecule has 0 amide bonds. The lowest BCUT2D eigenvalue weighted by molar-refractivity contribution is -0.00527. The van der Waals surface area contributed by atoms with Gasteiger partial charge in [0.05, 0.1) is 0 Å². The van der Waals surface area contributed by atoms with Crippen LogP contribution < -0.4 is 0 Å². The lowest BCUT2D eigenvalue weighted by Gasteiger charge is -2.57. The summed E-state index contributed by atoms with van der Waals surface area (Å²) in [6, 6.07) is 18.4. The van der Waals surface area contributed by atoms with Gasteiger partial charge in [-0.25, -0.2) is 0 Å². The molecule has 0 radical (unpaired) electrons. The molecular weight excluding hydrogens is 316 g/mol. The van der Waals surface area contributed by atoms with E-state index in [9.17, 15) is 4.79 Å². The first-order valence-corrected chi connectivity index (χ1v) is 10.1. The highest BCUT2D eigenvalue weighted by Crippen LogP contribution is 2.61. The lowest BCUT2D eigenvalue weighted by Crippen LogP contribution is -2.48. The molecule has 0 heterocycles. The molecule has 0 spiro atoms. The fourth-order valence-corrected chi connectivity index (χ4v) is 6.43. The Morgan fingerprint density at radius 1 is 0.808 bits per heavy atom. The van der Waals surface area contributed by atoms with Crippen LogP contribution in [0, 0.1) is 17.8 Å². The number of carbonyl (C=O) groups excluding carboxylic acids is 1. The maximum atomic E-state index is 12.5. The maximum Gasteiger partial charge on any atom is 0.185 e. The van der Waals surface area contributed by atoms with Crippen molar-refractivity contribution >= 4 is 11.9 Å². The molecule has 4 fully saturated rings. The molecule has 2 aromatic carbocycles. The topological polar surface area (TPSA) is 17.1 Å². The van der Waals surface area contributed by atoms with Crippen LogP contribution in [-0.4, -0.2) is 5.78 Å². The van der Waals surface area contributed by atoms with Crippen molar-refractivity contribution in [2.45, 2.75) is 43.9 Å². The van der Waals surface area contributed by atoms with E-state index in [0.29, 0.717) is 5.41 Å². The van der Waals surface area contributed by atoms with Gasteiger partial charge in [-0.05, 0) is 78.9 Å². The van der Waals surface area contributed by atoms with Crippen LogP contribution >= 0.6 is 0 Å². The molecule has 0 aliphatic heterocycles. The number of rotatable bonds is 4. The number of hydrogen-bond acceptors (Lipinski definition) is 1. The summed E-state index contributed by atoms with van der Waals surface area (Å²) >= 11 is 0. The van der Waals surface area contributed by atoms with Crippen molar-refractivity contribution in [2.75, 3.05) is 0 Å². The van der Waals surface area contributed by atoms with Gasteiger partial charge in [0.15, 0.2) is 5.78 Å². The van der Waals surface area contributed by atoms with E-state index in [1.807, 2.05) is 30.3 Å². The number of ketones is 1. The molecule has 2 aromatic rings. The Bertz CT molecular complexity index is 810. The van der Waals surface area contributed by atoms with Gasteiger partial charge < -0.3 is 0 Å². The second kappa shape index (κ2) is 6.23. The zero-order chi connectivity index (χ0) is 17.6. The number of allylic oxidation sites excluding steroid dienone is 1. The fourth-order valence-electron chi connectivity index (χ4n) is 6.43. The molecule has 6 rings (SSSR count). The SMILES string of the molecule is O=C(C=Cc1ccccc1C12CC3CC(CC(C3)C1)C2)c1ccccc1. The highest BCUT2D eigenvalue weighted by Gasteiger charge is 2.51. The van der Waals surface area contributed by atoms with Crippen molar-refractivity contribution in [3.05, 3.63) is 77.4 Å². The van der Waals surface area contributed by atoms with Crippen LogP contribution in [0.3, 0.4) is 0 Å². The van der Waals surface area contributed by atoms with Gasteiger partial charge >= 0.3 is 0 Å². The van der Waals surface area contributed by atoms with Crippen LogP contribution in [0.1, 0.15) is 60.0 Å². The van der Waals surface area contributed by atoms with E-state index in [1.54, 1.807) is 6.08 Å². The molecule has 0 unspecified atom stereocenters. The van der Waals surface area contributed by atoms with Crippen LogP contribution in [0.4, 0.5) is 0 Å². The third-order valence-corrected chi connectivity index (χ3v) is 7.04. The van der Waals surface area contributed by atoms with Crippen LogP contribution in [0.2, 0.25) is 0 Å². The van der Waals surface area contributed by atoms with E-state index in [1.165, 1.54) is 49.7 Å². The molecule has 4 bridgehead atoms. The summed E-state index contributed by atoms with van der Waals surface area (Å²) in [7, 11) is 0. The van der Waals surface area contributed by atoms with Crippen LogP contribution in [-0.2, 0) is 5.41 Å². The molecule has 4 saturated carbocycles. The third-order valence-electron chi connectivity index (χ3n) is 7.04. The van der Waals surface area contributed by atoms with E-state index in [0.717, 1.165) is 23.3 Å². The average molecular weight is 342 g/mol. The zero-order valence-corrected chi connectivity index (χ0v) is 15.2. The van der Waals surface area contributed by atoms with E-state index >= 15 is 0 Å². The van der Waals surface area contributed by atoms with E-state index in [4.69, 9.17) is 0 Å². The molecule has 0 N–H and O–H groups in total. The van der Waals surface area contributed by atoms with E-state index < -0.39 is 0 Å². The Hall–Kier alpha value is -2.15. The summed E-state index contributed by atoms with van der Waals surface area (Å²) in [5.74, 6) is 2.89. The van der Waals surface area contributed by atoms with Crippen molar-refractivity contribution in [1.82, 2.24) is 0 Å². The standard InChI is InChI=1S/C25H26O/c26-24(22-7-2-1-3-8-22)11-10-21-6-4-5-9-23(21)25-15-18-12-19(16-25)14-20(13-18)17-25/h1-11,18-20H,12-17H2. The van der Waals surface area contributed by atoms with Gasteiger partial charge in [-0.2, -0.15) is 0 Å². The van der Waals surface area contributed by atoms with Crippen LogP contribution in [0.5, 0.6) is 0 Å². The highest BCUT2D eigenvalue weighted by atomic mass is 16.1. The van der Waals surface area contributed by atoms with Crippen molar-refractivity contribution in [3.8, 4) is 0 Å². The summed E-state index contributed by atoms with van der Waals surface area (Å²) in [6.07, 6.45) is 12.3. The van der Waals surface area contributed by atoms with Crippen molar-refractivity contribution < 1.29 is 4.79 Å². The molecule has 0 saturated heterocycles. The summed E-state index contributed by atoms with van der Waals surface area (Å²) in [5.41, 5.74) is 3.87. The van der Waals surface area contributed by atoms with Gasteiger partial charge in [0.1, 0.15) is 0 Å². The molecule has 1 heteroatoms. The number of carbonyl (C=O) groups is 1. The normalized spacial score (nSPS) is 32.2. The van der Waals surface area contributed by atoms with Crippen molar-refractivity contribution in [2.24, 2.45) is 17.8 Å². The fraction of sp³-hybridized carbons (Fsp3) is 0.400. The highest BCUT2D eigenvalue weighted by molar-refractivity contribution is 6.06. The van der Waals surface area contributed by atoms with Gasteiger partial charge in [0.25, 0.3) is 0 Å². The summed E-state index contributed by atoms with van der Waals surface area (Å²) in [6.45, 7) is 0. The van der Waals surface area contributed by atoms with Gasteiger partial charge in [0.2, 0.25) is 0 Å². The predicted molar refractivity (Wildman–Crippen MR) is 106 cm³/mol. The molecule has 4 aliphatic carbocycles. The van der Waals surface area contributed by atoms with Gasteiger partial charge in [-0.1, -0.05) is 60.7 Å². The maximum absolute atomic E-state index is 12.5. The first kappa shape index (κ1) is 16.1. The number of benzene rings is 2. The van der Waals surface area contributed by atoms with Crippen molar-refractivity contribution in [3.63, 3.8) is 0 Å². The minimum absolute atomic E-state index is 0.0888. The summed E-state index contributed by atoms with van der Waals surface area (Å²) < 4.78 is 0. The predicted octanol–water partition coefficient (Wildman–Crippen LogP) is 6.05. The quantitative estimate of drug-likeness (QED) is 0.488. The molecule has 0 aromatic heterocycles. The Morgan fingerprint density at radius 3 is 2.04 bits per heavy atom. The van der Waals surface area contributed by atoms with Crippen LogP contribution in [0.25, 0.3) is 6.08 Å². The summed E-state index contributed by atoms with van der Waals surface area (Å²) in [4.78, 5) is 12.5. The second-order valence-electron chi connectivity index (χ2n) is 8.85. The Balaban J connectivity index is 1.47. The molecule has 1 nitrogen and oxygen atoms in total. The van der Waals surface area contributed by atoms with E-state index in [2.05, 4.69) is 30.3 Å². The second-order valence-corrected chi connectivity index (χ2v) is 8.85. The Labute approximate surface area is 156 Å². The Morgan fingerprint density at radius 2 is 1.38 bits per heavy atom.